The molecule has 138 valence electrons. The lowest BCUT2D eigenvalue weighted by Crippen LogP contribution is -2.36. The fraction of sp³-hybridized carbons (Fsp3) is 0.263. The van der Waals surface area contributed by atoms with E-state index in [1.165, 1.54) is 12.1 Å². The molecule has 0 bridgehead atoms. The molecule has 2 aromatic rings. The second-order valence-electron chi connectivity index (χ2n) is 6.70. The maximum absolute atomic E-state index is 13.0. The molecule has 2 aliphatic heterocycles. The number of hydrogen-bond donors (Lipinski definition) is 0. The van der Waals surface area contributed by atoms with Crippen molar-refractivity contribution in [3.8, 4) is 0 Å². The second-order valence-corrected chi connectivity index (χ2v) is 7.13. The molecule has 0 saturated carbocycles. The lowest BCUT2D eigenvalue weighted by atomic mass is 10.1. The van der Waals surface area contributed by atoms with Gasteiger partial charge in [-0.15, -0.1) is 0 Å². The Hall–Kier alpha value is -2.93. The van der Waals surface area contributed by atoms with Crippen molar-refractivity contribution in [1.82, 2.24) is 0 Å². The fourth-order valence-corrected chi connectivity index (χ4v) is 3.90. The van der Waals surface area contributed by atoms with E-state index in [-0.39, 0.29) is 23.9 Å². The summed E-state index contributed by atoms with van der Waals surface area (Å²) in [5, 5.41) is 11.5. The predicted molar refractivity (Wildman–Crippen MR) is 101 cm³/mol. The third-order valence-corrected chi connectivity index (χ3v) is 5.26. The van der Waals surface area contributed by atoms with Crippen molar-refractivity contribution in [2.45, 2.75) is 12.8 Å². The molecule has 7 nitrogen and oxygen atoms in total. The van der Waals surface area contributed by atoms with Crippen LogP contribution < -0.4 is 9.80 Å². The number of carbonyl (C=O) groups is 2. The van der Waals surface area contributed by atoms with Crippen LogP contribution in [0.3, 0.4) is 0 Å². The van der Waals surface area contributed by atoms with Crippen molar-refractivity contribution in [2.24, 2.45) is 5.92 Å². The van der Waals surface area contributed by atoms with Gasteiger partial charge in [-0.25, -0.2) is 0 Å². The normalized spacial score (nSPS) is 18.7. The van der Waals surface area contributed by atoms with Gasteiger partial charge in [0.05, 0.1) is 10.8 Å². The Labute approximate surface area is 160 Å². The van der Waals surface area contributed by atoms with Crippen LogP contribution >= 0.6 is 11.6 Å². The standard InChI is InChI=1S/C19H16ClN3O4/c20-14-2-1-3-15(10-14)22-11-13(9-18(22)24)19(25)21-7-6-12-8-16(23(26)27)4-5-17(12)21/h1-5,8,10,13H,6-7,9,11H2/t13-/m1/s1. The van der Waals surface area contributed by atoms with Crippen molar-refractivity contribution < 1.29 is 14.5 Å². The number of hydrogen-bond acceptors (Lipinski definition) is 4. The lowest BCUT2D eigenvalue weighted by molar-refractivity contribution is -0.384. The number of benzene rings is 2. The van der Waals surface area contributed by atoms with Gasteiger partial charge in [-0.05, 0) is 36.2 Å². The molecule has 2 aromatic carbocycles. The van der Waals surface area contributed by atoms with Gasteiger partial charge in [-0.2, -0.15) is 0 Å². The third-order valence-electron chi connectivity index (χ3n) is 5.03. The first-order chi connectivity index (χ1) is 12.9. The van der Waals surface area contributed by atoms with E-state index in [0.29, 0.717) is 35.9 Å². The molecule has 0 radical (unpaired) electrons. The Kier molecular flexibility index (Phi) is 4.31. The fourth-order valence-electron chi connectivity index (χ4n) is 3.72. The van der Waals surface area contributed by atoms with Crippen LogP contribution in [0.2, 0.25) is 5.02 Å². The SMILES string of the molecule is O=C1C[C@@H](C(=O)N2CCc3cc([N+](=O)[O-])ccc32)CN1c1cccc(Cl)c1. The summed E-state index contributed by atoms with van der Waals surface area (Å²) in [5.74, 6) is -0.683. The van der Waals surface area contributed by atoms with Gasteiger partial charge in [-0.1, -0.05) is 17.7 Å². The molecule has 27 heavy (non-hydrogen) atoms. The van der Waals surface area contributed by atoms with Gasteiger partial charge in [0.15, 0.2) is 0 Å². The van der Waals surface area contributed by atoms with Gasteiger partial charge >= 0.3 is 0 Å². The van der Waals surface area contributed by atoms with Crippen molar-refractivity contribution >= 4 is 40.5 Å². The van der Waals surface area contributed by atoms with E-state index in [4.69, 9.17) is 11.6 Å². The van der Waals surface area contributed by atoms with Gasteiger partial charge < -0.3 is 9.80 Å². The Morgan fingerprint density at radius 3 is 2.78 bits per heavy atom. The highest BCUT2D eigenvalue weighted by Crippen LogP contribution is 2.34. The maximum Gasteiger partial charge on any atom is 0.269 e. The van der Waals surface area contributed by atoms with E-state index in [0.717, 1.165) is 5.56 Å². The molecule has 2 aliphatic rings. The summed E-state index contributed by atoms with van der Waals surface area (Å²) in [6.07, 6.45) is 0.714. The monoisotopic (exact) mass is 385 g/mol. The molecule has 0 spiro atoms. The number of rotatable bonds is 3. The Balaban J connectivity index is 1.54. The number of nitro groups is 1. The number of halogens is 1. The van der Waals surface area contributed by atoms with Crippen molar-refractivity contribution in [3.05, 3.63) is 63.2 Å². The first kappa shape index (κ1) is 17.5. The quantitative estimate of drug-likeness (QED) is 0.600. The molecule has 2 amide bonds. The number of anilines is 2. The van der Waals surface area contributed by atoms with Crippen LogP contribution in [-0.2, 0) is 16.0 Å². The molecule has 8 heteroatoms. The van der Waals surface area contributed by atoms with E-state index in [9.17, 15) is 19.7 Å². The summed E-state index contributed by atoms with van der Waals surface area (Å²) < 4.78 is 0. The zero-order valence-electron chi connectivity index (χ0n) is 14.3. The second kappa shape index (κ2) is 6.66. The van der Waals surface area contributed by atoms with Crippen LogP contribution in [0.25, 0.3) is 0 Å². The molecule has 1 atom stereocenters. The van der Waals surface area contributed by atoms with Gasteiger partial charge in [-0.3, -0.25) is 19.7 Å². The molecular weight excluding hydrogens is 370 g/mol. The van der Waals surface area contributed by atoms with Crippen LogP contribution in [0.15, 0.2) is 42.5 Å². The number of amides is 2. The lowest BCUT2D eigenvalue weighted by Gasteiger charge is -2.21. The third kappa shape index (κ3) is 3.14. The molecular formula is C19H16ClN3O4. The highest BCUT2D eigenvalue weighted by molar-refractivity contribution is 6.31. The van der Waals surface area contributed by atoms with E-state index >= 15 is 0 Å². The zero-order chi connectivity index (χ0) is 19.1. The van der Waals surface area contributed by atoms with Crippen LogP contribution in [0.5, 0.6) is 0 Å². The number of non-ortho nitro benzene ring substituents is 1. The van der Waals surface area contributed by atoms with E-state index in [1.54, 1.807) is 40.1 Å². The first-order valence-electron chi connectivity index (χ1n) is 8.58. The van der Waals surface area contributed by atoms with Gasteiger partial charge in [0.1, 0.15) is 0 Å². The summed E-state index contributed by atoms with van der Waals surface area (Å²) in [6.45, 7) is 0.772. The number of nitrogens with zero attached hydrogens (tertiary/aromatic N) is 3. The Morgan fingerprint density at radius 2 is 2.04 bits per heavy atom. The highest BCUT2D eigenvalue weighted by Gasteiger charge is 2.39. The number of fused-ring (bicyclic) bond motifs is 1. The van der Waals surface area contributed by atoms with Crippen LogP contribution in [0.4, 0.5) is 17.1 Å². The summed E-state index contributed by atoms with van der Waals surface area (Å²) in [4.78, 5) is 39.1. The molecule has 2 heterocycles. The Bertz CT molecular complexity index is 962. The van der Waals surface area contributed by atoms with Crippen LogP contribution in [0.1, 0.15) is 12.0 Å². The molecule has 1 saturated heterocycles. The van der Waals surface area contributed by atoms with Gasteiger partial charge in [0, 0.05) is 48.0 Å². The zero-order valence-corrected chi connectivity index (χ0v) is 15.1. The molecule has 0 unspecified atom stereocenters. The topological polar surface area (TPSA) is 83.8 Å². The predicted octanol–water partition coefficient (Wildman–Crippen LogP) is 3.19. The molecule has 4 rings (SSSR count). The minimum Gasteiger partial charge on any atom is -0.312 e. The molecule has 0 N–H and O–H groups in total. The number of nitro benzene ring substituents is 1. The van der Waals surface area contributed by atoms with Crippen molar-refractivity contribution in [3.63, 3.8) is 0 Å². The average molecular weight is 386 g/mol. The van der Waals surface area contributed by atoms with Crippen LogP contribution in [-0.4, -0.2) is 29.8 Å². The van der Waals surface area contributed by atoms with Gasteiger partial charge in [0.2, 0.25) is 11.8 Å². The largest absolute Gasteiger partial charge is 0.312 e. The minimum atomic E-state index is -0.447. The maximum atomic E-state index is 13.0. The van der Waals surface area contributed by atoms with E-state index in [1.807, 2.05) is 0 Å². The average Bonchev–Trinajstić information content (AvgIpc) is 3.24. The summed E-state index contributed by atoms with van der Waals surface area (Å²) in [5.41, 5.74) is 2.18. The van der Waals surface area contributed by atoms with Gasteiger partial charge in [0.25, 0.3) is 5.69 Å². The van der Waals surface area contributed by atoms with Crippen LogP contribution in [0, 0.1) is 16.0 Å². The molecule has 0 aliphatic carbocycles. The Morgan fingerprint density at radius 1 is 1.22 bits per heavy atom. The molecule has 1 fully saturated rings. The minimum absolute atomic E-state index is 0.0197. The molecule has 0 aromatic heterocycles. The van der Waals surface area contributed by atoms with E-state index < -0.39 is 10.8 Å². The summed E-state index contributed by atoms with van der Waals surface area (Å²) >= 11 is 6.00. The summed E-state index contributed by atoms with van der Waals surface area (Å²) in [6, 6.07) is 11.5. The smallest absolute Gasteiger partial charge is 0.269 e. The highest BCUT2D eigenvalue weighted by atomic mass is 35.5. The van der Waals surface area contributed by atoms with Crippen molar-refractivity contribution in [2.75, 3.05) is 22.9 Å². The first-order valence-corrected chi connectivity index (χ1v) is 8.96. The number of carbonyl (C=O) groups excluding carboxylic acids is 2. The van der Waals surface area contributed by atoms with E-state index in [2.05, 4.69) is 0 Å². The van der Waals surface area contributed by atoms with Crippen molar-refractivity contribution in [1.29, 1.82) is 0 Å². The summed E-state index contributed by atoms with van der Waals surface area (Å²) in [7, 11) is 0.